The first kappa shape index (κ1) is 20.5. The van der Waals surface area contributed by atoms with Gasteiger partial charge in [0.25, 0.3) is 0 Å². The molecular weight excluding hydrogens is 357 g/mol. The van der Waals surface area contributed by atoms with E-state index in [4.69, 9.17) is 0 Å². The van der Waals surface area contributed by atoms with Gasteiger partial charge in [-0.05, 0) is 50.6 Å². The quantitative estimate of drug-likeness (QED) is 0.837. The lowest BCUT2D eigenvalue weighted by Crippen LogP contribution is -2.52. The van der Waals surface area contributed by atoms with Gasteiger partial charge in [0, 0.05) is 24.7 Å². The molecule has 3 atom stereocenters. The van der Waals surface area contributed by atoms with Crippen molar-refractivity contribution in [1.82, 2.24) is 15.5 Å². The first-order valence-electron chi connectivity index (χ1n) is 9.12. The molecule has 0 aromatic heterocycles. The molecule has 1 amide bonds. The highest BCUT2D eigenvalue weighted by molar-refractivity contribution is 5.85. The Morgan fingerprint density at radius 1 is 1.08 bits per heavy atom. The molecule has 0 spiro atoms. The monoisotopic (exact) mass is 385 g/mol. The Labute approximate surface area is 162 Å². The summed E-state index contributed by atoms with van der Waals surface area (Å²) in [5.41, 5.74) is 1.30. The standard InChI is InChI=1S/C19H27N3O.2ClH/c23-19(21-17-11-15-8-9-16(12-17)20-15)18-7-4-10-22(18)13-14-5-2-1-3-6-14;;/h1-3,5-6,15-18,20H,4,7-13H2,(H,21,23);2*1H. The number of nitrogens with zero attached hydrogens (tertiary/aromatic N) is 1. The van der Waals surface area contributed by atoms with Crippen LogP contribution in [-0.2, 0) is 11.3 Å². The van der Waals surface area contributed by atoms with Gasteiger partial charge >= 0.3 is 0 Å². The zero-order valence-electron chi connectivity index (χ0n) is 14.5. The van der Waals surface area contributed by atoms with E-state index in [-0.39, 0.29) is 36.8 Å². The molecule has 4 rings (SSSR count). The predicted octanol–water partition coefficient (Wildman–Crippen LogP) is 2.89. The normalized spacial score (nSPS) is 31.0. The van der Waals surface area contributed by atoms with Gasteiger partial charge < -0.3 is 10.6 Å². The molecular formula is C19H29Cl2N3O. The Morgan fingerprint density at radius 3 is 2.44 bits per heavy atom. The molecule has 3 aliphatic heterocycles. The highest BCUT2D eigenvalue weighted by Crippen LogP contribution is 2.27. The van der Waals surface area contributed by atoms with E-state index in [0.717, 1.165) is 38.8 Å². The van der Waals surface area contributed by atoms with Crippen molar-refractivity contribution in [2.24, 2.45) is 0 Å². The van der Waals surface area contributed by atoms with Gasteiger partial charge in [-0.3, -0.25) is 9.69 Å². The van der Waals surface area contributed by atoms with Crippen LogP contribution in [0.4, 0.5) is 0 Å². The molecule has 3 unspecified atom stereocenters. The molecule has 2 bridgehead atoms. The second-order valence-electron chi connectivity index (χ2n) is 7.43. The van der Waals surface area contributed by atoms with E-state index >= 15 is 0 Å². The van der Waals surface area contributed by atoms with E-state index in [1.807, 2.05) is 6.07 Å². The molecule has 3 saturated heterocycles. The predicted molar refractivity (Wildman–Crippen MR) is 105 cm³/mol. The molecule has 140 valence electrons. The molecule has 6 heteroatoms. The summed E-state index contributed by atoms with van der Waals surface area (Å²) in [4.78, 5) is 15.1. The van der Waals surface area contributed by atoms with Crippen molar-refractivity contribution in [2.75, 3.05) is 6.54 Å². The van der Waals surface area contributed by atoms with Crippen LogP contribution in [0.15, 0.2) is 30.3 Å². The summed E-state index contributed by atoms with van der Waals surface area (Å²) in [7, 11) is 0. The Balaban J connectivity index is 0.00000113. The summed E-state index contributed by atoms with van der Waals surface area (Å²) < 4.78 is 0. The number of halogens is 2. The zero-order chi connectivity index (χ0) is 15.6. The summed E-state index contributed by atoms with van der Waals surface area (Å²) >= 11 is 0. The van der Waals surface area contributed by atoms with Crippen LogP contribution in [0, 0.1) is 0 Å². The molecule has 0 radical (unpaired) electrons. The van der Waals surface area contributed by atoms with E-state index in [9.17, 15) is 4.79 Å². The summed E-state index contributed by atoms with van der Waals surface area (Å²) in [5, 5.41) is 7.00. The lowest BCUT2D eigenvalue weighted by molar-refractivity contribution is -0.126. The zero-order valence-corrected chi connectivity index (χ0v) is 16.2. The SMILES string of the molecule is Cl.Cl.O=C(NC1CC2CCC(C1)N2)C1CCCN1Cc1ccccc1. The Bertz CT molecular complexity index is 545. The molecule has 4 nitrogen and oxygen atoms in total. The minimum absolute atomic E-state index is 0. The van der Waals surface area contributed by atoms with Crippen molar-refractivity contribution in [2.45, 2.75) is 69.2 Å². The van der Waals surface area contributed by atoms with Crippen molar-refractivity contribution < 1.29 is 4.79 Å². The number of carbonyl (C=O) groups excluding carboxylic acids is 1. The van der Waals surface area contributed by atoms with Gasteiger partial charge in [0.05, 0.1) is 6.04 Å². The number of benzene rings is 1. The fraction of sp³-hybridized carbons (Fsp3) is 0.632. The number of nitrogens with one attached hydrogen (secondary N) is 2. The van der Waals surface area contributed by atoms with Crippen LogP contribution in [0.5, 0.6) is 0 Å². The molecule has 3 fully saturated rings. The lowest BCUT2D eigenvalue weighted by atomic mass is 9.99. The van der Waals surface area contributed by atoms with Gasteiger partial charge in [0.2, 0.25) is 5.91 Å². The minimum Gasteiger partial charge on any atom is -0.352 e. The van der Waals surface area contributed by atoms with E-state index in [1.165, 1.54) is 18.4 Å². The highest BCUT2D eigenvalue weighted by Gasteiger charge is 2.36. The number of hydrogen-bond donors (Lipinski definition) is 2. The van der Waals surface area contributed by atoms with Gasteiger partial charge in [0.15, 0.2) is 0 Å². The van der Waals surface area contributed by atoms with Gasteiger partial charge in [-0.2, -0.15) is 0 Å². The van der Waals surface area contributed by atoms with Crippen molar-refractivity contribution in [1.29, 1.82) is 0 Å². The number of carbonyl (C=O) groups is 1. The molecule has 0 aliphatic carbocycles. The van der Waals surface area contributed by atoms with Gasteiger partial charge in [0.1, 0.15) is 0 Å². The Hall–Kier alpha value is -0.810. The summed E-state index contributed by atoms with van der Waals surface area (Å²) in [6.07, 6.45) is 6.89. The van der Waals surface area contributed by atoms with Crippen LogP contribution < -0.4 is 10.6 Å². The molecule has 2 N–H and O–H groups in total. The second-order valence-corrected chi connectivity index (χ2v) is 7.43. The van der Waals surface area contributed by atoms with Crippen LogP contribution in [0.2, 0.25) is 0 Å². The van der Waals surface area contributed by atoms with E-state index in [0.29, 0.717) is 18.1 Å². The summed E-state index contributed by atoms with van der Waals surface area (Å²) in [5.74, 6) is 0.254. The summed E-state index contributed by atoms with van der Waals surface area (Å²) in [6, 6.07) is 12.2. The van der Waals surface area contributed by atoms with Crippen molar-refractivity contribution in [3.8, 4) is 0 Å². The average molecular weight is 386 g/mol. The molecule has 3 heterocycles. The third-order valence-electron chi connectivity index (χ3n) is 5.71. The fourth-order valence-corrected chi connectivity index (χ4v) is 4.60. The molecule has 0 saturated carbocycles. The Morgan fingerprint density at radius 2 is 1.76 bits per heavy atom. The number of likely N-dealkylation sites (tertiary alicyclic amines) is 1. The van der Waals surface area contributed by atoms with Gasteiger partial charge in [-0.1, -0.05) is 30.3 Å². The molecule has 3 aliphatic rings. The second kappa shape index (κ2) is 9.22. The maximum absolute atomic E-state index is 12.8. The van der Waals surface area contributed by atoms with Gasteiger partial charge in [-0.15, -0.1) is 24.8 Å². The third kappa shape index (κ3) is 4.88. The fourth-order valence-electron chi connectivity index (χ4n) is 4.60. The topological polar surface area (TPSA) is 44.4 Å². The maximum atomic E-state index is 12.8. The Kier molecular flexibility index (Phi) is 7.56. The number of hydrogen-bond acceptors (Lipinski definition) is 3. The average Bonchev–Trinajstić information content (AvgIpc) is 3.15. The number of piperidine rings is 1. The first-order valence-corrected chi connectivity index (χ1v) is 9.12. The molecule has 1 aromatic carbocycles. The first-order chi connectivity index (χ1) is 11.3. The number of amides is 1. The van der Waals surface area contributed by atoms with E-state index in [1.54, 1.807) is 0 Å². The van der Waals surface area contributed by atoms with Gasteiger partial charge in [-0.25, -0.2) is 0 Å². The van der Waals surface area contributed by atoms with Crippen LogP contribution in [0.3, 0.4) is 0 Å². The maximum Gasteiger partial charge on any atom is 0.237 e. The molecule has 1 aromatic rings. The summed E-state index contributed by atoms with van der Waals surface area (Å²) in [6.45, 7) is 1.92. The highest BCUT2D eigenvalue weighted by atomic mass is 35.5. The third-order valence-corrected chi connectivity index (χ3v) is 5.71. The van der Waals surface area contributed by atoms with Crippen molar-refractivity contribution in [3.63, 3.8) is 0 Å². The van der Waals surface area contributed by atoms with E-state index < -0.39 is 0 Å². The number of fused-ring (bicyclic) bond motifs is 2. The van der Waals surface area contributed by atoms with Crippen LogP contribution in [0.25, 0.3) is 0 Å². The lowest BCUT2D eigenvalue weighted by Gasteiger charge is -2.32. The smallest absolute Gasteiger partial charge is 0.237 e. The van der Waals surface area contributed by atoms with Crippen LogP contribution in [0.1, 0.15) is 44.1 Å². The van der Waals surface area contributed by atoms with Crippen LogP contribution >= 0.6 is 24.8 Å². The number of rotatable bonds is 4. The van der Waals surface area contributed by atoms with Crippen molar-refractivity contribution in [3.05, 3.63) is 35.9 Å². The largest absolute Gasteiger partial charge is 0.352 e. The molecule has 25 heavy (non-hydrogen) atoms. The van der Waals surface area contributed by atoms with Crippen LogP contribution in [-0.4, -0.2) is 41.5 Å². The van der Waals surface area contributed by atoms with Crippen molar-refractivity contribution >= 4 is 30.7 Å². The minimum atomic E-state index is 0. The van der Waals surface area contributed by atoms with E-state index in [2.05, 4.69) is 39.8 Å².